The maximum absolute atomic E-state index is 11.3. The molecule has 0 aliphatic carbocycles. The van der Waals surface area contributed by atoms with E-state index >= 15 is 0 Å². The number of ether oxygens (including phenoxy) is 1. The molecule has 3 rings (SSSR count). The molecule has 21 heavy (non-hydrogen) atoms. The number of pyridine rings is 1. The number of benzene rings is 1. The summed E-state index contributed by atoms with van der Waals surface area (Å²) in [6.45, 7) is 1.45. The zero-order chi connectivity index (χ0) is 15.0. The Kier molecular flexibility index (Phi) is 3.89. The van der Waals surface area contributed by atoms with Crippen LogP contribution >= 0.6 is 23.2 Å². The average Bonchev–Trinajstić information content (AvgIpc) is 2.51. The largest absolute Gasteiger partial charge is 0.367 e. The van der Waals surface area contributed by atoms with Crippen LogP contribution in [0.1, 0.15) is 0 Å². The molecule has 0 unspecified atom stereocenters. The van der Waals surface area contributed by atoms with Crippen molar-refractivity contribution in [3.8, 4) is 0 Å². The number of primary amides is 1. The first-order valence-corrected chi connectivity index (χ1v) is 7.22. The Balaban J connectivity index is 1.97. The van der Waals surface area contributed by atoms with Crippen LogP contribution in [0.15, 0.2) is 24.3 Å². The van der Waals surface area contributed by atoms with Gasteiger partial charge in [-0.15, -0.1) is 0 Å². The number of hydrogen-bond donors (Lipinski definition) is 1. The van der Waals surface area contributed by atoms with Crippen molar-refractivity contribution in [3.63, 3.8) is 0 Å². The molecule has 1 saturated heterocycles. The molecule has 1 aromatic carbocycles. The van der Waals surface area contributed by atoms with Crippen molar-refractivity contribution in [2.24, 2.45) is 5.73 Å². The normalized spacial score (nSPS) is 19.0. The second kappa shape index (κ2) is 5.67. The highest BCUT2D eigenvalue weighted by molar-refractivity contribution is 6.39. The van der Waals surface area contributed by atoms with Gasteiger partial charge in [-0.25, -0.2) is 4.98 Å². The third kappa shape index (κ3) is 2.77. The SMILES string of the molecule is NC(=O)[C@@H]1CN(c2ccc3c(Cl)ccc(Cl)c3n2)CCO1. The molecule has 110 valence electrons. The predicted molar refractivity (Wildman–Crippen MR) is 82.9 cm³/mol. The molecule has 2 N–H and O–H groups in total. The summed E-state index contributed by atoms with van der Waals surface area (Å²) >= 11 is 12.3. The first-order valence-electron chi connectivity index (χ1n) is 6.47. The van der Waals surface area contributed by atoms with Gasteiger partial charge in [0.1, 0.15) is 5.82 Å². The highest BCUT2D eigenvalue weighted by Crippen LogP contribution is 2.30. The fraction of sp³-hybridized carbons (Fsp3) is 0.286. The van der Waals surface area contributed by atoms with Crippen molar-refractivity contribution in [3.05, 3.63) is 34.3 Å². The van der Waals surface area contributed by atoms with Crippen LogP contribution in [0.4, 0.5) is 5.82 Å². The summed E-state index contributed by atoms with van der Waals surface area (Å²) in [5.74, 6) is 0.253. The summed E-state index contributed by atoms with van der Waals surface area (Å²) < 4.78 is 5.33. The summed E-state index contributed by atoms with van der Waals surface area (Å²) in [5, 5.41) is 1.94. The standard InChI is InChI=1S/C14H13Cl2N3O2/c15-9-2-3-10(16)13-8(9)1-4-12(18-13)19-5-6-21-11(7-19)14(17)20/h1-4,11H,5-7H2,(H2,17,20)/t11-/m0/s1. The lowest BCUT2D eigenvalue weighted by molar-refractivity contribution is -0.130. The van der Waals surface area contributed by atoms with Crippen molar-refractivity contribution in [1.82, 2.24) is 4.98 Å². The van der Waals surface area contributed by atoms with E-state index in [0.717, 1.165) is 11.2 Å². The second-order valence-corrected chi connectivity index (χ2v) is 5.62. The molecular weight excluding hydrogens is 313 g/mol. The van der Waals surface area contributed by atoms with Gasteiger partial charge in [0.2, 0.25) is 5.91 Å². The van der Waals surface area contributed by atoms with Gasteiger partial charge >= 0.3 is 0 Å². The van der Waals surface area contributed by atoms with E-state index < -0.39 is 12.0 Å². The number of carbonyl (C=O) groups excluding carboxylic acids is 1. The van der Waals surface area contributed by atoms with Crippen LogP contribution in [0.25, 0.3) is 10.9 Å². The molecule has 1 aromatic heterocycles. The number of rotatable bonds is 2. The molecule has 1 aliphatic heterocycles. The van der Waals surface area contributed by atoms with Crippen LogP contribution in [0.3, 0.4) is 0 Å². The van der Waals surface area contributed by atoms with Crippen molar-refractivity contribution >= 4 is 45.8 Å². The minimum atomic E-state index is -0.619. The zero-order valence-electron chi connectivity index (χ0n) is 11.1. The second-order valence-electron chi connectivity index (χ2n) is 4.80. The minimum absolute atomic E-state index is 0.381. The molecular formula is C14H13Cl2N3O2. The fourth-order valence-electron chi connectivity index (χ4n) is 2.34. The molecule has 7 heteroatoms. The van der Waals surface area contributed by atoms with Gasteiger partial charge in [0.15, 0.2) is 6.10 Å². The molecule has 1 atom stereocenters. The topological polar surface area (TPSA) is 68.5 Å². The Morgan fingerprint density at radius 3 is 2.81 bits per heavy atom. The molecule has 5 nitrogen and oxygen atoms in total. The summed E-state index contributed by atoms with van der Waals surface area (Å²) in [7, 11) is 0. The Labute approximate surface area is 131 Å². The van der Waals surface area contributed by atoms with Gasteiger partial charge in [0, 0.05) is 11.9 Å². The number of amides is 1. The number of anilines is 1. The third-order valence-electron chi connectivity index (χ3n) is 3.45. The number of morpholine rings is 1. The smallest absolute Gasteiger partial charge is 0.248 e. The number of carbonyl (C=O) groups is 1. The van der Waals surface area contributed by atoms with E-state index in [9.17, 15) is 4.79 Å². The van der Waals surface area contributed by atoms with Gasteiger partial charge in [0.25, 0.3) is 0 Å². The molecule has 1 amide bonds. The Morgan fingerprint density at radius 1 is 1.29 bits per heavy atom. The van der Waals surface area contributed by atoms with E-state index in [1.807, 2.05) is 17.0 Å². The Bertz CT molecular complexity index is 708. The molecule has 1 fully saturated rings. The number of fused-ring (bicyclic) bond motifs is 1. The lowest BCUT2D eigenvalue weighted by Gasteiger charge is -2.32. The zero-order valence-corrected chi connectivity index (χ0v) is 12.6. The molecule has 2 heterocycles. The first kappa shape index (κ1) is 14.4. The maximum atomic E-state index is 11.3. The molecule has 0 spiro atoms. The van der Waals surface area contributed by atoms with Crippen LogP contribution in [-0.4, -0.2) is 36.7 Å². The molecule has 2 aromatic rings. The Hall–Kier alpha value is -1.56. The average molecular weight is 326 g/mol. The highest BCUT2D eigenvalue weighted by atomic mass is 35.5. The monoisotopic (exact) mass is 325 g/mol. The van der Waals surface area contributed by atoms with E-state index in [4.69, 9.17) is 33.7 Å². The third-order valence-corrected chi connectivity index (χ3v) is 4.08. The number of nitrogens with zero attached hydrogens (tertiary/aromatic N) is 2. The predicted octanol–water partition coefficient (Wildman–Crippen LogP) is 2.23. The summed E-state index contributed by atoms with van der Waals surface area (Å²) in [5.41, 5.74) is 5.93. The lowest BCUT2D eigenvalue weighted by Crippen LogP contribution is -2.48. The van der Waals surface area contributed by atoms with Gasteiger partial charge in [-0.05, 0) is 24.3 Å². The van der Waals surface area contributed by atoms with Crippen LogP contribution in [0, 0.1) is 0 Å². The lowest BCUT2D eigenvalue weighted by atomic mass is 10.2. The highest BCUT2D eigenvalue weighted by Gasteiger charge is 2.25. The van der Waals surface area contributed by atoms with Gasteiger partial charge in [0.05, 0.1) is 28.7 Å². The van der Waals surface area contributed by atoms with E-state index in [-0.39, 0.29) is 0 Å². The van der Waals surface area contributed by atoms with Crippen LogP contribution < -0.4 is 10.6 Å². The van der Waals surface area contributed by atoms with Crippen LogP contribution in [0.5, 0.6) is 0 Å². The van der Waals surface area contributed by atoms with Gasteiger partial charge in [-0.2, -0.15) is 0 Å². The molecule has 0 bridgehead atoms. The van der Waals surface area contributed by atoms with Crippen LogP contribution in [0.2, 0.25) is 10.0 Å². The first-order chi connectivity index (χ1) is 10.1. The van der Waals surface area contributed by atoms with Crippen LogP contribution in [-0.2, 0) is 9.53 Å². The number of aromatic nitrogens is 1. The van der Waals surface area contributed by atoms with E-state index in [0.29, 0.717) is 35.3 Å². The van der Waals surface area contributed by atoms with Gasteiger partial charge in [-0.3, -0.25) is 4.79 Å². The van der Waals surface area contributed by atoms with E-state index in [1.165, 1.54) is 0 Å². The summed E-state index contributed by atoms with van der Waals surface area (Å²) in [6.07, 6.45) is -0.619. The summed E-state index contributed by atoms with van der Waals surface area (Å²) in [4.78, 5) is 17.8. The quantitative estimate of drug-likeness (QED) is 0.919. The number of hydrogen-bond acceptors (Lipinski definition) is 4. The van der Waals surface area contributed by atoms with E-state index in [1.54, 1.807) is 12.1 Å². The van der Waals surface area contributed by atoms with E-state index in [2.05, 4.69) is 4.98 Å². The van der Waals surface area contributed by atoms with Crippen molar-refractivity contribution in [2.75, 3.05) is 24.6 Å². The fourth-order valence-corrected chi connectivity index (χ4v) is 2.77. The minimum Gasteiger partial charge on any atom is -0.367 e. The summed E-state index contributed by atoms with van der Waals surface area (Å²) in [6, 6.07) is 7.19. The van der Waals surface area contributed by atoms with Gasteiger partial charge in [-0.1, -0.05) is 23.2 Å². The molecule has 0 radical (unpaired) electrons. The van der Waals surface area contributed by atoms with Crippen molar-refractivity contribution in [2.45, 2.75) is 6.10 Å². The van der Waals surface area contributed by atoms with Crippen molar-refractivity contribution in [1.29, 1.82) is 0 Å². The maximum Gasteiger partial charge on any atom is 0.248 e. The van der Waals surface area contributed by atoms with Gasteiger partial charge < -0.3 is 15.4 Å². The number of halogens is 2. The number of nitrogens with two attached hydrogens (primary N) is 1. The molecule has 1 aliphatic rings. The Morgan fingerprint density at radius 2 is 2.05 bits per heavy atom. The molecule has 0 saturated carbocycles. The van der Waals surface area contributed by atoms with Crippen molar-refractivity contribution < 1.29 is 9.53 Å².